The summed E-state index contributed by atoms with van der Waals surface area (Å²) < 4.78 is 29.7. The van der Waals surface area contributed by atoms with Crippen molar-refractivity contribution in [3.63, 3.8) is 0 Å². The maximum atomic E-state index is 13.5. The molecular weight excluding hydrogens is 636 g/mol. The summed E-state index contributed by atoms with van der Waals surface area (Å²) in [5.41, 5.74) is 1.87. The van der Waals surface area contributed by atoms with E-state index in [0.29, 0.717) is 11.0 Å². The molecule has 0 spiro atoms. The summed E-state index contributed by atoms with van der Waals surface area (Å²) in [6, 6.07) is 24.2. The number of H-pyrrole nitrogens is 2. The number of methoxy groups -OCH3 is 1. The van der Waals surface area contributed by atoms with Crippen molar-refractivity contribution >= 4 is 55.6 Å². The molecule has 1 fully saturated rings. The average molecular weight is 663 g/mol. The first kappa shape index (κ1) is 29.6. The lowest BCUT2D eigenvalue weighted by molar-refractivity contribution is -0.292. The van der Waals surface area contributed by atoms with E-state index in [1.807, 2.05) is 42.5 Å². The summed E-state index contributed by atoms with van der Waals surface area (Å²) in [7, 11) is 1.31. The van der Waals surface area contributed by atoms with E-state index in [9.17, 15) is 19.5 Å². The van der Waals surface area contributed by atoms with Gasteiger partial charge in [0.15, 0.2) is 24.6 Å². The molecule has 0 amide bonds. The van der Waals surface area contributed by atoms with Gasteiger partial charge < -0.3 is 38.8 Å². The molecule has 1 aliphatic rings. The maximum Gasteiger partial charge on any atom is 0.355 e. The number of rotatable bonds is 8. The van der Waals surface area contributed by atoms with E-state index < -0.39 is 55.2 Å². The molecule has 11 nitrogen and oxygen atoms in total. The number of para-hydroxylation sites is 2. The molecule has 0 saturated carbocycles. The van der Waals surface area contributed by atoms with Gasteiger partial charge in [-0.25, -0.2) is 14.4 Å². The fourth-order valence-electron chi connectivity index (χ4n) is 5.14. The molecule has 12 heteroatoms. The monoisotopic (exact) mass is 662 g/mol. The second-order valence-corrected chi connectivity index (χ2v) is 11.0. The molecule has 5 atom stereocenters. The minimum atomic E-state index is -1.45. The lowest BCUT2D eigenvalue weighted by atomic mass is 9.98. The Bertz CT molecular complexity index is 1750. The van der Waals surface area contributed by atoms with E-state index in [-0.39, 0.29) is 17.0 Å². The fourth-order valence-corrected chi connectivity index (χ4v) is 5.40. The number of aliphatic hydroxyl groups is 1. The summed E-state index contributed by atoms with van der Waals surface area (Å²) in [6.07, 6.45) is -6.72. The quantitative estimate of drug-likeness (QED) is 0.158. The van der Waals surface area contributed by atoms with Gasteiger partial charge in [-0.3, -0.25) is 0 Å². The van der Waals surface area contributed by atoms with E-state index in [0.717, 1.165) is 15.2 Å². The van der Waals surface area contributed by atoms with Gasteiger partial charge in [0.2, 0.25) is 0 Å². The van der Waals surface area contributed by atoms with Crippen molar-refractivity contribution in [3.8, 4) is 0 Å². The number of benzene rings is 3. The van der Waals surface area contributed by atoms with Gasteiger partial charge in [-0.2, -0.15) is 0 Å². The van der Waals surface area contributed by atoms with Crippen molar-refractivity contribution in [2.45, 2.75) is 30.7 Å². The minimum Gasteiger partial charge on any atom is -0.452 e. The van der Waals surface area contributed by atoms with E-state index in [1.165, 1.54) is 7.11 Å². The Morgan fingerprint density at radius 2 is 1.27 bits per heavy atom. The van der Waals surface area contributed by atoms with Crippen molar-refractivity contribution in [3.05, 3.63) is 106 Å². The number of halogens is 1. The van der Waals surface area contributed by atoms with Crippen LogP contribution in [0, 0.1) is 0 Å². The van der Waals surface area contributed by atoms with Crippen LogP contribution < -0.4 is 0 Å². The van der Waals surface area contributed by atoms with Gasteiger partial charge in [-0.15, -0.1) is 0 Å². The zero-order valence-electron chi connectivity index (χ0n) is 23.3. The molecule has 5 aromatic rings. The predicted octanol–water partition coefficient (Wildman–Crippen LogP) is 4.75. The molecule has 3 N–H and O–H groups in total. The van der Waals surface area contributed by atoms with E-state index in [1.54, 1.807) is 42.5 Å². The first-order valence-electron chi connectivity index (χ1n) is 13.7. The van der Waals surface area contributed by atoms with Gasteiger partial charge >= 0.3 is 17.9 Å². The largest absolute Gasteiger partial charge is 0.452 e. The van der Waals surface area contributed by atoms with Gasteiger partial charge in [0.05, 0.1) is 12.2 Å². The highest BCUT2D eigenvalue weighted by Gasteiger charge is 2.53. The number of fused-ring (bicyclic) bond motifs is 2. The minimum absolute atomic E-state index is 0.117. The van der Waals surface area contributed by atoms with Gasteiger partial charge in [0, 0.05) is 33.4 Å². The molecular formula is C32H27BrN2O9. The number of nitrogens with one attached hydrogen (secondary N) is 2. The smallest absolute Gasteiger partial charge is 0.355 e. The average Bonchev–Trinajstić information content (AvgIpc) is 3.68. The van der Waals surface area contributed by atoms with E-state index >= 15 is 0 Å². The molecule has 6 rings (SSSR count). The topological polar surface area (TPSA) is 149 Å². The lowest BCUT2D eigenvalue weighted by Gasteiger charge is -2.43. The molecule has 44 heavy (non-hydrogen) atoms. The van der Waals surface area contributed by atoms with Crippen LogP contribution in [0.1, 0.15) is 31.3 Å². The first-order valence-corrected chi connectivity index (χ1v) is 14.5. The van der Waals surface area contributed by atoms with Crippen LogP contribution in [0.2, 0.25) is 0 Å². The van der Waals surface area contributed by atoms with Gasteiger partial charge in [0.25, 0.3) is 0 Å². The number of aromatic amines is 2. The van der Waals surface area contributed by atoms with Gasteiger partial charge in [-0.1, -0.05) is 52.3 Å². The summed E-state index contributed by atoms with van der Waals surface area (Å²) >= 11 is 3.33. The normalized spacial score (nSPS) is 21.7. The summed E-state index contributed by atoms with van der Waals surface area (Å²) in [5, 5.41) is 11.8. The van der Waals surface area contributed by atoms with Crippen LogP contribution in [0.4, 0.5) is 0 Å². The molecule has 0 bridgehead atoms. The Hall–Kier alpha value is -4.49. The van der Waals surface area contributed by atoms with E-state index in [2.05, 4.69) is 25.9 Å². The summed E-state index contributed by atoms with van der Waals surface area (Å²) in [6.45, 7) is -0.624. The van der Waals surface area contributed by atoms with Crippen LogP contribution >= 0.6 is 15.9 Å². The standard InChI is InChI=1S/C32H27BrN2O9/c1-40-32-28(44-31(39)24-15-19-7-3-5-9-22(19)35-24)27(43-30(38)23-14-18-6-2-4-8-21(18)34-23)26(25(16-36)41-32)42-29(37)17-10-12-20(33)13-11-17/h2-15,25-28,32,34-36H,16H2,1H3/t25-,26-,27+,28+,32+/m1/s1. The molecule has 3 heterocycles. The lowest BCUT2D eigenvalue weighted by Crippen LogP contribution is -2.62. The highest BCUT2D eigenvalue weighted by molar-refractivity contribution is 9.10. The van der Waals surface area contributed by atoms with Crippen LogP contribution in [0.25, 0.3) is 21.8 Å². The first-order chi connectivity index (χ1) is 21.3. The third kappa shape index (κ3) is 5.97. The number of hydrogen-bond donors (Lipinski definition) is 3. The highest BCUT2D eigenvalue weighted by Crippen LogP contribution is 2.31. The molecule has 0 radical (unpaired) electrons. The predicted molar refractivity (Wildman–Crippen MR) is 161 cm³/mol. The van der Waals surface area contributed by atoms with Crippen molar-refractivity contribution in [2.75, 3.05) is 13.7 Å². The number of esters is 3. The van der Waals surface area contributed by atoms with Crippen LogP contribution in [-0.2, 0) is 23.7 Å². The number of ether oxygens (including phenoxy) is 5. The van der Waals surface area contributed by atoms with Crippen molar-refractivity contribution in [1.82, 2.24) is 9.97 Å². The molecule has 3 aromatic carbocycles. The Balaban J connectivity index is 1.35. The van der Waals surface area contributed by atoms with Crippen molar-refractivity contribution in [2.24, 2.45) is 0 Å². The van der Waals surface area contributed by atoms with Gasteiger partial charge in [0.1, 0.15) is 17.5 Å². The molecule has 226 valence electrons. The third-order valence-corrected chi connectivity index (χ3v) is 7.84. The number of aromatic nitrogens is 2. The van der Waals surface area contributed by atoms with E-state index in [4.69, 9.17) is 23.7 Å². The van der Waals surface area contributed by atoms with Crippen LogP contribution in [0.5, 0.6) is 0 Å². The second-order valence-electron chi connectivity index (χ2n) is 10.1. The second kappa shape index (κ2) is 12.6. The molecule has 2 aromatic heterocycles. The molecule has 0 unspecified atom stereocenters. The Morgan fingerprint density at radius 1 is 0.750 bits per heavy atom. The Kier molecular flexibility index (Phi) is 8.49. The highest BCUT2D eigenvalue weighted by atomic mass is 79.9. The Labute approximate surface area is 259 Å². The number of carbonyl (C=O) groups excluding carboxylic acids is 3. The molecule has 0 aliphatic carbocycles. The Morgan fingerprint density at radius 3 is 1.80 bits per heavy atom. The third-order valence-electron chi connectivity index (χ3n) is 7.31. The zero-order valence-corrected chi connectivity index (χ0v) is 24.9. The number of aliphatic hydroxyl groups excluding tert-OH is 1. The summed E-state index contributed by atoms with van der Waals surface area (Å²) in [5.74, 6) is -2.37. The number of carbonyl (C=O) groups is 3. The van der Waals surface area contributed by atoms with Gasteiger partial charge in [-0.05, 0) is 48.5 Å². The van der Waals surface area contributed by atoms with Crippen molar-refractivity contribution < 1.29 is 43.2 Å². The molecule has 1 aliphatic heterocycles. The van der Waals surface area contributed by atoms with Crippen LogP contribution in [-0.4, -0.2) is 77.4 Å². The van der Waals surface area contributed by atoms with Crippen LogP contribution in [0.3, 0.4) is 0 Å². The SMILES string of the molecule is CO[C@H]1O[C@H](CO)[C@@H](OC(=O)c2ccc(Br)cc2)[C@H](OC(=O)c2cc3ccccc3[nH]2)[C@@H]1OC(=O)c1cc2ccccc2[nH]1. The maximum absolute atomic E-state index is 13.5. The van der Waals surface area contributed by atoms with Crippen LogP contribution in [0.15, 0.2) is 89.4 Å². The zero-order chi connectivity index (χ0) is 30.8. The summed E-state index contributed by atoms with van der Waals surface area (Å²) in [4.78, 5) is 46.2. The van der Waals surface area contributed by atoms with Crippen molar-refractivity contribution in [1.29, 1.82) is 0 Å². The number of hydrogen-bond acceptors (Lipinski definition) is 9. The molecule has 1 saturated heterocycles. The fraction of sp³-hybridized carbons (Fsp3) is 0.219.